The molecule has 30 heavy (non-hydrogen) atoms. The third-order valence-electron chi connectivity index (χ3n) is 4.75. The van der Waals surface area contributed by atoms with Crippen molar-refractivity contribution in [2.45, 2.75) is 0 Å². The maximum atomic E-state index is 13.1. The monoisotopic (exact) mass is 423 g/mol. The highest BCUT2D eigenvalue weighted by Gasteiger charge is 2.37. The molecule has 0 bridgehead atoms. The van der Waals surface area contributed by atoms with Gasteiger partial charge in [0.1, 0.15) is 5.82 Å². The lowest BCUT2D eigenvalue weighted by atomic mass is 10.1. The molecular weight excluding hydrogens is 413 g/mol. The van der Waals surface area contributed by atoms with Crippen LogP contribution in [0.5, 0.6) is 5.88 Å². The molecule has 0 fully saturated rings. The van der Waals surface area contributed by atoms with Gasteiger partial charge in [0, 0.05) is 6.20 Å². The van der Waals surface area contributed by atoms with Crippen molar-refractivity contribution < 1.29 is 18.7 Å². The minimum Gasteiger partial charge on any atom is -0.480 e. The van der Waals surface area contributed by atoms with Crippen LogP contribution in [0.3, 0.4) is 0 Å². The topological polar surface area (TPSA) is 101 Å². The van der Waals surface area contributed by atoms with E-state index >= 15 is 0 Å². The number of benzene rings is 1. The quantitative estimate of drug-likeness (QED) is 0.399. The second-order valence-electron chi connectivity index (χ2n) is 6.46. The number of ether oxygens (including phenoxy) is 1. The van der Waals surface area contributed by atoms with E-state index < -0.39 is 17.8 Å². The first-order valence-electron chi connectivity index (χ1n) is 8.71. The Hall–Kier alpha value is -3.85. The van der Waals surface area contributed by atoms with Crippen LogP contribution in [-0.4, -0.2) is 38.9 Å². The second-order valence-corrected chi connectivity index (χ2v) is 6.87. The molecule has 10 heteroatoms. The number of aromatic nitrogens is 4. The number of methoxy groups -OCH3 is 1. The van der Waals surface area contributed by atoms with Gasteiger partial charge in [-0.2, -0.15) is 4.39 Å². The van der Waals surface area contributed by atoms with E-state index in [0.717, 1.165) is 17.2 Å². The molecule has 0 aliphatic carbocycles. The van der Waals surface area contributed by atoms with Gasteiger partial charge in [0.25, 0.3) is 11.8 Å². The summed E-state index contributed by atoms with van der Waals surface area (Å²) in [6.07, 6.45) is 2.65. The first-order valence-corrected chi connectivity index (χ1v) is 9.08. The van der Waals surface area contributed by atoms with Gasteiger partial charge in [-0.3, -0.25) is 9.59 Å². The van der Waals surface area contributed by atoms with Crippen molar-refractivity contribution in [2.75, 3.05) is 12.0 Å². The molecule has 5 rings (SSSR count). The summed E-state index contributed by atoms with van der Waals surface area (Å²) in [6, 6.07) is 7.09. The van der Waals surface area contributed by atoms with Crippen LogP contribution in [0.1, 0.15) is 20.7 Å². The molecule has 1 aliphatic rings. The molecule has 0 radical (unpaired) electrons. The fourth-order valence-electron chi connectivity index (χ4n) is 3.39. The molecule has 148 valence electrons. The van der Waals surface area contributed by atoms with Crippen LogP contribution in [0.4, 0.5) is 10.1 Å². The van der Waals surface area contributed by atoms with E-state index in [4.69, 9.17) is 16.3 Å². The van der Waals surface area contributed by atoms with Crippen LogP contribution in [0.15, 0.2) is 42.7 Å². The molecule has 4 heterocycles. The number of fused-ring (bicyclic) bond motifs is 2. The predicted molar refractivity (Wildman–Crippen MR) is 106 cm³/mol. The number of rotatable bonds is 3. The Kier molecular flexibility index (Phi) is 4.00. The van der Waals surface area contributed by atoms with Crippen molar-refractivity contribution >= 4 is 40.1 Å². The van der Waals surface area contributed by atoms with Crippen molar-refractivity contribution in [1.82, 2.24) is 19.9 Å². The first kappa shape index (κ1) is 18.2. The maximum Gasteiger partial charge on any atom is 0.266 e. The number of nitrogens with one attached hydrogen (secondary N) is 1. The summed E-state index contributed by atoms with van der Waals surface area (Å²) in [4.78, 5) is 41.9. The van der Waals surface area contributed by atoms with Gasteiger partial charge in [-0.1, -0.05) is 11.6 Å². The third kappa shape index (κ3) is 2.63. The Morgan fingerprint density at radius 2 is 1.87 bits per heavy atom. The van der Waals surface area contributed by atoms with Crippen LogP contribution >= 0.6 is 11.6 Å². The smallest absolute Gasteiger partial charge is 0.266 e. The van der Waals surface area contributed by atoms with Crippen LogP contribution in [0.2, 0.25) is 5.02 Å². The molecule has 0 spiro atoms. The summed E-state index contributed by atoms with van der Waals surface area (Å²) >= 11 is 6.29. The molecule has 0 atom stereocenters. The van der Waals surface area contributed by atoms with Gasteiger partial charge >= 0.3 is 0 Å². The lowest BCUT2D eigenvalue weighted by Gasteiger charge is -2.12. The van der Waals surface area contributed by atoms with Crippen LogP contribution < -0.4 is 9.64 Å². The molecule has 0 saturated heterocycles. The van der Waals surface area contributed by atoms with Gasteiger partial charge in [0.2, 0.25) is 11.8 Å². The van der Waals surface area contributed by atoms with E-state index in [0.29, 0.717) is 27.4 Å². The van der Waals surface area contributed by atoms with E-state index in [1.54, 1.807) is 12.1 Å². The Bertz CT molecular complexity index is 1300. The number of pyridine rings is 2. The largest absolute Gasteiger partial charge is 0.480 e. The maximum absolute atomic E-state index is 13.1. The highest BCUT2D eigenvalue weighted by Crippen LogP contribution is 2.36. The SMILES string of the molecule is COc1nccc(Cl)c1-c1nc2cc3c(cc2[nH]1)C(=O)N(c1ccc(F)nc1)C3=O. The fourth-order valence-corrected chi connectivity index (χ4v) is 3.61. The zero-order valence-corrected chi connectivity index (χ0v) is 16.1. The first-order chi connectivity index (χ1) is 14.5. The highest BCUT2D eigenvalue weighted by atomic mass is 35.5. The Morgan fingerprint density at radius 3 is 2.57 bits per heavy atom. The van der Waals surface area contributed by atoms with Gasteiger partial charge in [0.05, 0.1) is 51.7 Å². The number of imidazole rings is 1. The fraction of sp³-hybridized carbons (Fsp3) is 0.0500. The molecule has 1 aromatic carbocycles. The van der Waals surface area contributed by atoms with E-state index in [9.17, 15) is 14.0 Å². The molecule has 0 unspecified atom stereocenters. The predicted octanol–water partition coefficient (Wildman–Crippen LogP) is 3.62. The molecule has 2 amide bonds. The van der Waals surface area contributed by atoms with Crippen LogP contribution in [0, 0.1) is 5.95 Å². The summed E-state index contributed by atoms with van der Waals surface area (Å²) in [5, 5.41) is 0.385. The number of carbonyl (C=O) groups excluding carboxylic acids is 2. The zero-order valence-electron chi connectivity index (χ0n) is 15.3. The van der Waals surface area contributed by atoms with Crippen LogP contribution in [0.25, 0.3) is 22.4 Å². The summed E-state index contributed by atoms with van der Waals surface area (Å²) in [5.41, 5.74) is 2.05. The van der Waals surface area contributed by atoms with Gasteiger partial charge in [-0.15, -0.1) is 0 Å². The van der Waals surface area contributed by atoms with E-state index in [-0.39, 0.29) is 22.7 Å². The third-order valence-corrected chi connectivity index (χ3v) is 5.07. The molecule has 3 aromatic heterocycles. The van der Waals surface area contributed by atoms with E-state index in [1.807, 2.05) is 0 Å². The average molecular weight is 424 g/mol. The van der Waals surface area contributed by atoms with E-state index in [2.05, 4.69) is 19.9 Å². The Balaban J connectivity index is 1.61. The van der Waals surface area contributed by atoms with Crippen LogP contribution in [-0.2, 0) is 0 Å². The van der Waals surface area contributed by atoms with Crippen molar-refractivity contribution in [3.63, 3.8) is 0 Å². The van der Waals surface area contributed by atoms with Crippen molar-refractivity contribution in [3.8, 4) is 17.3 Å². The average Bonchev–Trinajstić information content (AvgIpc) is 3.25. The molecular formula is C20H11ClFN5O3. The van der Waals surface area contributed by atoms with Crippen molar-refractivity contribution in [1.29, 1.82) is 0 Å². The molecule has 8 nitrogen and oxygen atoms in total. The lowest BCUT2D eigenvalue weighted by molar-refractivity contribution is 0.0926. The summed E-state index contributed by atoms with van der Waals surface area (Å²) in [6.45, 7) is 0. The number of imide groups is 1. The number of amides is 2. The summed E-state index contributed by atoms with van der Waals surface area (Å²) in [5.74, 6) is -1.09. The minimum absolute atomic E-state index is 0.187. The molecule has 1 aliphatic heterocycles. The molecule has 1 N–H and O–H groups in total. The number of nitrogens with zero attached hydrogens (tertiary/aromatic N) is 4. The van der Waals surface area contributed by atoms with Gasteiger partial charge in [-0.25, -0.2) is 19.9 Å². The van der Waals surface area contributed by atoms with Gasteiger partial charge < -0.3 is 9.72 Å². The number of carbonyl (C=O) groups is 2. The number of H-pyrrole nitrogens is 1. The second kappa shape index (κ2) is 6.60. The standard InChI is InChI=1S/C20H11ClFN5O3/c1-30-18-16(12(21)4-5-23-18)17-25-13-6-10-11(7-14(13)26-17)20(29)27(19(10)28)9-2-3-15(22)24-8-9/h2-8H,1H3,(H,25,26). The van der Waals surface area contributed by atoms with Crippen molar-refractivity contribution in [2.24, 2.45) is 0 Å². The number of anilines is 1. The Labute approximate surface area is 173 Å². The van der Waals surface area contributed by atoms with Crippen molar-refractivity contribution in [3.05, 3.63) is 64.8 Å². The highest BCUT2D eigenvalue weighted by molar-refractivity contribution is 6.35. The normalized spacial score (nSPS) is 13.2. The molecule has 4 aromatic rings. The lowest BCUT2D eigenvalue weighted by Crippen LogP contribution is -2.29. The zero-order chi connectivity index (χ0) is 21.0. The number of hydrogen-bond donors (Lipinski definition) is 1. The summed E-state index contributed by atoms with van der Waals surface area (Å²) in [7, 11) is 1.47. The molecule has 0 saturated carbocycles. The minimum atomic E-state index is -0.704. The Morgan fingerprint density at radius 1 is 1.10 bits per heavy atom. The number of hydrogen-bond acceptors (Lipinski definition) is 6. The summed E-state index contributed by atoms with van der Waals surface area (Å²) < 4.78 is 18.4. The number of halogens is 2. The number of aromatic amines is 1. The van der Waals surface area contributed by atoms with E-state index in [1.165, 1.54) is 25.4 Å². The van der Waals surface area contributed by atoms with Gasteiger partial charge in [-0.05, 0) is 30.3 Å². The van der Waals surface area contributed by atoms with Gasteiger partial charge in [0.15, 0.2) is 0 Å².